The summed E-state index contributed by atoms with van der Waals surface area (Å²) in [5.41, 5.74) is 0.894. The van der Waals surface area contributed by atoms with E-state index in [0.29, 0.717) is 0 Å². The SMILES string of the molecule is CNCCCCn1cnc2ccsc2c1=O. The van der Waals surface area contributed by atoms with Gasteiger partial charge in [0, 0.05) is 6.54 Å². The smallest absolute Gasteiger partial charge is 0.271 e. The number of nitrogens with zero attached hydrogens (tertiary/aromatic N) is 2. The van der Waals surface area contributed by atoms with E-state index >= 15 is 0 Å². The molecule has 0 spiro atoms. The van der Waals surface area contributed by atoms with E-state index in [0.717, 1.165) is 36.1 Å². The van der Waals surface area contributed by atoms with Crippen molar-refractivity contribution >= 4 is 21.6 Å². The predicted octanol–water partition coefficient (Wildman–Crippen LogP) is 1.46. The van der Waals surface area contributed by atoms with Crippen molar-refractivity contribution < 1.29 is 0 Å². The molecule has 2 heterocycles. The number of thiophene rings is 1. The molecule has 16 heavy (non-hydrogen) atoms. The van der Waals surface area contributed by atoms with Gasteiger partial charge < -0.3 is 5.32 Å². The van der Waals surface area contributed by atoms with Gasteiger partial charge in [-0.05, 0) is 37.9 Å². The second kappa shape index (κ2) is 5.23. The van der Waals surface area contributed by atoms with Crippen LogP contribution in [-0.4, -0.2) is 23.1 Å². The van der Waals surface area contributed by atoms with Crippen molar-refractivity contribution in [3.63, 3.8) is 0 Å². The molecule has 2 aromatic heterocycles. The Hall–Kier alpha value is -1.20. The lowest BCUT2D eigenvalue weighted by molar-refractivity contribution is 0.575. The third-order valence-electron chi connectivity index (χ3n) is 2.51. The maximum atomic E-state index is 12.0. The Kier molecular flexibility index (Phi) is 3.69. The summed E-state index contributed by atoms with van der Waals surface area (Å²) in [6.07, 6.45) is 3.72. The number of unbranched alkanes of at least 4 members (excludes halogenated alkanes) is 1. The maximum absolute atomic E-state index is 12.0. The van der Waals surface area contributed by atoms with Gasteiger partial charge in [0.1, 0.15) is 4.70 Å². The van der Waals surface area contributed by atoms with Gasteiger partial charge in [0.2, 0.25) is 0 Å². The van der Waals surface area contributed by atoms with Gasteiger partial charge in [-0.1, -0.05) is 0 Å². The molecule has 0 fully saturated rings. The number of nitrogens with one attached hydrogen (secondary N) is 1. The van der Waals surface area contributed by atoms with E-state index in [1.807, 2.05) is 18.5 Å². The van der Waals surface area contributed by atoms with Crippen LogP contribution < -0.4 is 10.9 Å². The molecule has 4 nitrogen and oxygen atoms in total. The highest BCUT2D eigenvalue weighted by Gasteiger charge is 2.04. The molecule has 0 saturated heterocycles. The molecule has 86 valence electrons. The monoisotopic (exact) mass is 237 g/mol. The van der Waals surface area contributed by atoms with Crippen LogP contribution in [0.25, 0.3) is 10.2 Å². The molecule has 0 amide bonds. The number of hydrogen-bond donors (Lipinski definition) is 1. The molecule has 2 rings (SSSR count). The fourth-order valence-electron chi connectivity index (χ4n) is 1.62. The molecule has 0 aliphatic rings. The van der Waals surface area contributed by atoms with E-state index in [4.69, 9.17) is 0 Å². The molecule has 0 atom stereocenters. The molecular formula is C11H15N3OS. The van der Waals surface area contributed by atoms with Crippen LogP contribution in [0, 0.1) is 0 Å². The summed E-state index contributed by atoms with van der Waals surface area (Å²) in [7, 11) is 1.94. The molecule has 0 aliphatic heterocycles. The number of hydrogen-bond acceptors (Lipinski definition) is 4. The fourth-order valence-corrected chi connectivity index (χ4v) is 2.41. The Bertz CT molecular complexity index is 517. The topological polar surface area (TPSA) is 46.9 Å². The van der Waals surface area contributed by atoms with Crippen molar-refractivity contribution in [1.82, 2.24) is 14.9 Å². The molecule has 2 aromatic rings. The van der Waals surface area contributed by atoms with E-state index in [9.17, 15) is 4.79 Å². The highest BCUT2D eigenvalue weighted by molar-refractivity contribution is 7.17. The summed E-state index contributed by atoms with van der Waals surface area (Å²) >= 11 is 1.46. The summed E-state index contributed by atoms with van der Waals surface area (Å²) < 4.78 is 2.46. The molecule has 0 radical (unpaired) electrons. The molecule has 0 unspecified atom stereocenters. The third-order valence-corrected chi connectivity index (χ3v) is 3.40. The van der Waals surface area contributed by atoms with Crippen LogP contribution >= 0.6 is 11.3 Å². The Morgan fingerprint density at radius 1 is 1.50 bits per heavy atom. The van der Waals surface area contributed by atoms with Crippen molar-refractivity contribution in [2.75, 3.05) is 13.6 Å². The first-order valence-electron chi connectivity index (χ1n) is 5.40. The minimum atomic E-state index is 0.0875. The minimum Gasteiger partial charge on any atom is -0.320 e. The van der Waals surface area contributed by atoms with Crippen LogP contribution in [0.15, 0.2) is 22.6 Å². The standard InChI is InChI=1S/C11H15N3OS/c1-12-5-2-3-6-14-8-13-9-4-7-16-10(9)11(14)15/h4,7-8,12H,2-3,5-6H2,1H3. The van der Waals surface area contributed by atoms with Crippen LogP contribution in [0.5, 0.6) is 0 Å². The Balaban J connectivity index is 2.12. The summed E-state index contributed by atoms with van der Waals surface area (Å²) in [5, 5.41) is 5.00. The van der Waals surface area contributed by atoms with E-state index in [2.05, 4.69) is 10.3 Å². The number of aryl methyl sites for hydroxylation is 1. The minimum absolute atomic E-state index is 0.0875. The van der Waals surface area contributed by atoms with Gasteiger partial charge in [0.05, 0.1) is 11.8 Å². The number of aromatic nitrogens is 2. The Morgan fingerprint density at radius 2 is 2.38 bits per heavy atom. The molecule has 0 bridgehead atoms. The zero-order valence-electron chi connectivity index (χ0n) is 9.27. The zero-order chi connectivity index (χ0) is 11.4. The van der Waals surface area contributed by atoms with Crippen molar-refractivity contribution in [2.24, 2.45) is 0 Å². The van der Waals surface area contributed by atoms with E-state index in [1.54, 1.807) is 10.9 Å². The van der Waals surface area contributed by atoms with E-state index < -0.39 is 0 Å². The highest BCUT2D eigenvalue weighted by atomic mass is 32.1. The van der Waals surface area contributed by atoms with Gasteiger partial charge in [-0.15, -0.1) is 11.3 Å². The fraction of sp³-hybridized carbons (Fsp3) is 0.455. The first-order chi connectivity index (χ1) is 7.83. The highest BCUT2D eigenvalue weighted by Crippen LogP contribution is 2.13. The van der Waals surface area contributed by atoms with Crippen molar-refractivity contribution in [3.05, 3.63) is 28.1 Å². The Labute approximate surface area is 97.9 Å². The summed E-state index contributed by atoms with van der Waals surface area (Å²) in [4.78, 5) is 16.2. The summed E-state index contributed by atoms with van der Waals surface area (Å²) in [6.45, 7) is 1.74. The Morgan fingerprint density at radius 3 is 3.19 bits per heavy atom. The maximum Gasteiger partial charge on any atom is 0.271 e. The van der Waals surface area contributed by atoms with Crippen LogP contribution in [0.1, 0.15) is 12.8 Å². The zero-order valence-corrected chi connectivity index (χ0v) is 10.1. The lowest BCUT2D eigenvalue weighted by Gasteiger charge is -2.04. The van der Waals surface area contributed by atoms with Gasteiger partial charge >= 0.3 is 0 Å². The molecule has 0 saturated carbocycles. The van der Waals surface area contributed by atoms with Gasteiger partial charge in [-0.25, -0.2) is 4.98 Å². The van der Waals surface area contributed by atoms with Crippen molar-refractivity contribution in [3.8, 4) is 0 Å². The van der Waals surface area contributed by atoms with Crippen molar-refractivity contribution in [1.29, 1.82) is 0 Å². The largest absolute Gasteiger partial charge is 0.320 e. The lowest BCUT2D eigenvalue weighted by atomic mass is 10.3. The molecule has 0 aliphatic carbocycles. The molecule has 1 N–H and O–H groups in total. The summed E-state index contributed by atoms with van der Waals surface area (Å²) in [5.74, 6) is 0. The first kappa shape index (κ1) is 11.3. The number of rotatable bonds is 5. The third kappa shape index (κ3) is 2.31. The number of fused-ring (bicyclic) bond motifs is 1. The van der Waals surface area contributed by atoms with Crippen LogP contribution in [0.2, 0.25) is 0 Å². The second-order valence-corrected chi connectivity index (χ2v) is 4.60. The van der Waals surface area contributed by atoms with Gasteiger partial charge in [0.25, 0.3) is 5.56 Å². The van der Waals surface area contributed by atoms with E-state index in [1.165, 1.54) is 11.3 Å². The van der Waals surface area contributed by atoms with Crippen molar-refractivity contribution in [2.45, 2.75) is 19.4 Å². The molecular weight excluding hydrogens is 222 g/mol. The lowest BCUT2D eigenvalue weighted by Crippen LogP contribution is -2.20. The van der Waals surface area contributed by atoms with Crippen LogP contribution in [0.4, 0.5) is 0 Å². The average Bonchev–Trinajstić information content (AvgIpc) is 2.76. The predicted molar refractivity (Wildman–Crippen MR) is 67.0 cm³/mol. The van der Waals surface area contributed by atoms with Gasteiger partial charge in [-0.3, -0.25) is 9.36 Å². The molecule has 5 heteroatoms. The quantitative estimate of drug-likeness (QED) is 0.801. The normalized spacial score (nSPS) is 11.1. The van der Waals surface area contributed by atoms with E-state index in [-0.39, 0.29) is 5.56 Å². The second-order valence-electron chi connectivity index (χ2n) is 3.69. The van der Waals surface area contributed by atoms with Gasteiger partial charge in [-0.2, -0.15) is 0 Å². The summed E-state index contributed by atoms with van der Waals surface area (Å²) in [6, 6.07) is 1.88. The van der Waals surface area contributed by atoms with Gasteiger partial charge in [0.15, 0.2) is 0 Å². The average molecular weight is 237 g/mol. The van der Waals surface area contributed by atoms with Crippen LogP contribution in [0.3, 0.4) is 0 Å². The first-order valence-corrected chi connectivity index (χ1v) is 6.28. The molecule has 0 aromatic carbocycles. The van der Waals surface area contributed by atoms with Crippen LogP contribution in [-0.2, 0) is 6.54 Å².